The van der Waals surface area contributed by atoms with Crippen molar-refractivity contribution in [2.45, 2.75) is 36.5 Å². The molecule has 0 amide bonds. The number of fused-ring (bicyclic) bond motifs is 1. The highest BCUT2D eigenvalue weighted by atomic mass is 32.2. The van der Waals surface area contributed by atoms with Gasteiger partial charge in [-0.25, -0.2) is 8.42 Å². The van der Waals surface area contributed by atoms with E-state index in [1.54, 1.807) is 13.0 Å². The molecule has 100 valence electrons. The van der Waals surface area contributed by atoms with Gasteiger partial charge in [0.15, 0.2) is 9.84 Å². The number of rotatable bonds is 4. The van der Waals surface area contributed by atoms with Crippen molar-refractivity contribution in [3.63, 3.8) is 0 Å². The molecule has 0 aliphatic carbocycles. The Labute approximate surface area is 108 Å². The van der Waals surface area contributed by atoms with Crippen molar-refractivity contribution in [2.24, 2.45) is 0 Å². The number of sulfone groups is 1. The van der Waals surface area contributed by atoms with Crippen molar-refractivity contribution in [3.8, 4) is 5.75 Å². The average molecular weight is 269 g/mol. The maximum atomic E-state index is 12.4. The fourth-order valence-electron chi connectivity index (χ4n) is 2.44. The first-order valence-electron chi connectivity index (χ1n) is 6.18. The van der Waals surface area contributed by atoms with Crippen LogP contribution in [-0.2, 0) is 9.84 Å². The Morgan fingerprint density at radius 2 is 2.11 bits per heavy atom. The Morgan fingerprint density at radius 1 is 1.39 bits per heavy atom. The van der Waals surface area contributed by atoms with Crippen molar-refractivity contribution in [1.29, 1.82) is 0 Å². The third-order valence-corrected chi connectivity index (χ3v) is 5.68. The van der Waals surface area contributed by atoms with Crippen molar-refractivity contribution >= 4 is 9.84 Å². The zero-order valence-electron chi connectivity index (χ0n) is 10.9. The molecule has 1 heterocycles. The van der Waals surface area contributed by atoms with Crippen LogP contribution in [0.4, 0.5) is 0 Å². The monoisotopic (exact) mass is 269 g/mol. The van der Waals surface area contributed by atoms with Gasteiger partial charge in [0.05, 0.1) is 18.4 Å². The Morgan fingerprint density at radius 3 is 2.72 bits per heavy atom. The topological polar surface area (TPSA) is 55.4 Å². The lowest BCUT2D eigenvalue weighted by Gasteiger charge is -2.16. The van der Waals surface area contributed by atoms with Crippen LogP contribution in [0.1, 0.15) is 31.9 Å². The van der Waals surface area contributed by atoms with Crippen LogP contribution in [0.25, 0.3) is 0 Å². The van der Waals surface area contributed by atoms with E-state index in [-0.39, 0.29) is 6.04 Å². The molecule has 4 nitrogen and oxygen atoms in total. The minimum Gasteiger partial charge on any atom is -0.495 e. The molecule has 0 saturated heterocycles. The lowest BCUT2D eigenvalue weighted by Crippen LogP contribution is -2.30. The number of hydrogen-bond donors (Lipinski definition) is 1. The molecule has 1 aromatic carbocycles. The van der Waals surface area contributed by atoms with Gasteiger partial charge in [-0.3, -0.25) is 0 Å². The Bertz CT molecular complexity index is 539. The molecule has 18 heavy (non-hydrogen) atoms. The van der Waals surface area contributed by atoms with Crippen LogP contribution in [0.2, 0.25) is 0 Å². The van der Waals surface area contributed by atoms with Gasteiger partial charge >= 0.3 is 0 Å². The fourth-order valence-corrected chi connectivity index (χ4v) is 4.36. The van der Waals surface area contributed by atoms with Gasteiger partial charge in [-0.15, -0.1) is 0 Å². The van der Waals surface area contributed by atoms with Gasteiger partial charge < -0.3 is 10.1 Å². The molecular formula is C13H19NO3S. The summed E-state index contributed by atoms with van der Waals surface area (Å²) >= 11 is 0. The lowest BCUT2D eigenvalue weighted by atomic mass is 10.0. The zero-order valence-corrected chi connectivity index (χ0v) is 11.8. The van der Waals surface area contributed by atoms with E-state index >= 15 is 0 Å². The summed E-state index contributed by atoms with van der Waals surface area (Å²) in [5.41, 5.74) is 0.829. The molecule has 1 aliphatic heterocycles. The van der Waals surface area contributed by atoms with Crippen LogP contribution >= 0.6 is 0 Å². The third kappa shape index (κ3) is 1.91. The zero-order chi connectivity index (χ0) is 13.3. The maximum Gasteiger partial charge on any atom is 0.186 e. The summed E-state index contributed by atoms with van der Waals surface area (Å²) < 4.78 is 30.0. The van der Waals surface area contributed by atoms with Crippen LogP contribution in [0.15, 0.2) is 23.1 Å². The molecule has 0 saturated carbocycles. The van der Waals surface area contributed by atoms with Crippen LogP contribution in [0, 0.1) is 0 Å². The van der Waals surface area contributed by atoms with Crippen LogP contribution in [-0.4, -0.2) is 27.3 Å². The molecule has 5 heteroatoms. The molecule has 1 aliphatic rings. The molecule has 2 rings (SSSR count). The minimum absolute atomic E-state index is 0.139. The lowest BCUT2D eigenvalue weighted by molar-refractivity contribution is 0.401. The molecule has 2 atom stereocenters. The van der Waals surface area contributed by atoms with E-state index in [1.807, 2.05) is 12.1 Å². The second-order valence-electron chi connectivity index (χ2n) is 4.56. The van der Waals surface area contributed by atoms with E-state index in [1.165, 1.54) is 7.11 Å². The first-order chi connectivity index (χ1) is 8.54. The predicted octanol–water partition coefficient (Wildman–Crippen LogP) is 1.91. The summed E-state index contributed by atoms with van der Waals surface area (Å²) in [6.45, 7) is 4.62. The summed E-state index contributed by atoms with van der Waals surface area (Å²) in [6.07, 6.45) is 0.975. The molecule has 1 N–H and O–H groups in total. The van der Waals surface area contributed by atoms with E-state index < -0.39 is 15.1 Å². The predicted molar refractivity (Wildman–Crippen MR) is 70.7 cm³/mol. The summed E-state index contributed by atoms with van der Waals surface area (Å²) in [6, 6.07) is 5.27. The molecule has 2 unspecified atom stereocenters. The van der Waals surface area contributed by atoms with E-state index in [9.17, 15) is 8.42 Å². The second-order valence-corrected chi connectivity index (χ2v) is 6.80. The summed E-state index contributed by atoms with van der Waals surface area (Å²) in [7, 11) is -1.79. The van der Waals surface area contributed by atoms with Crippen molar-refractivity contribution in [2.75, 3.05) is 13.7 Å². The number of benzene rings is 1. The van der Waals surface area contributed by atoms with E-state index in [4.69, 9.17) is 4.74 Å². The van der Waals surface area contributed by atoms with Crippen LogP contribution in [0.5, 0.6) is 5.75 Å². The minimum atomic E-state index is -3.29. The van der Waals surface area contributed by atoms with Gasteiger partial charge in [-0.2, -0.15) is 0 Å². The first-order valence-corrected chi connectivity index (χ1v) is 7.72. The largest absolute Gasteiger partial charge is 0.495 e. The average Bonchev–Trinajstić information content (AvgIpc) is 2.56. The fraction of sp³-hybridized carbons (Fsp3) is 0.538. The molecule has 0 aromatic heterocycles. The van der Waals surface area contributed by atoms with E-state index in [0.29, 0.717) is 10.6 Å². The molecule has 0 spiro atoms. The van der Waals surface area contributed by atoms with Gasteiger partial charge in [0.2, 0.25) is 0 Å². The normalized spacial score (nSPS) is 24.8. The van der Waals surface area contributed by atoms with Crippen molar-refractivity contribution in [1.82, 2.24) is 5.32 Å². The number of nitrogens with one attached hydrogen (secondary N) is 1. The van der Waals surface area contributed by atoms with Crippen LogP contribution in [0.3, 0.4) is 0 Å². The highest BCUT2D eigenvalue weighted by Crippen LogP contribution is 2.43. The van der Waals surface area contributed by atoms with E-state index in [0.717, 1.165) is 18.5 Å². The number of methoxy groups -OCH3 is 1. The third-order valence-electron chi connectivity index (χ3n) is 3.42. The second kappa shape index (κ2) is 4.90. The Kier molecular flexibility index (Phi) is 3.64. The summed E-state index contributed by atoms with van der Waals surface area (Å²) in [5.74, 6) is 0.445. The van der Waals surface area contributed by atoms with Crippen molar-refractivity contribution in [3.05, 3.63) is 23.8 Å². The van der Waals surface area contributed by atoms with Gasteiger partial charge in [-0.05, 0) is 31.5 Å². The molecule has 1 aromatic rings. The smallest absolute Gasteiger partial charge is 0.186 e. The van der Waals surface area contributed by atoms with Gasteiger partial charge in [0, 0.05) is 0 Å². The molecule has 0 fully saturated rings. The van der Waals surface area contributed by atoms with E-state index in [2.05, 4.69) is 12.2 Å². The SMILES string of the molecule is CCCNC1c2cccc(OC)c2S(=O)(=O)C1C. The standard InChI is InChI=1S/C13H19NO3S/c1-4-8-14-12-9(2)18(15,16)13-10(12)6-5-7-11(13)17-3/h5-7,9,12,14H,4,8H2,1-3H3. The molecular weight excluding hydrogens is 250 g/mol. The highest BCUT2D eigenvalue weighted by molar-refractivity contribution is 7.92. The summed E-state index contributed by atoms with van der Waals surface area (Å²) in [5, 5.41) is 2.86. The molecule has 0 radical (unpaired) electrons. The maximum absolute atomic E-state index is 12.4. The number of ether oxygens (including phenoxy) is 1. The van der Waals surface area contributed by atoms with Gasteiger partial charge in [0.1, 0.15) is 10.6 Å². The van der Waals surface area contributed by atoms with Crippen LogP contribution < -0.4 is 10.1 Å². The Balaban J connectivity index is 2.54. The van der Waals surface area contributed by atoms with Gasteiger partial charge in [-0.1, -0.05) is 19.1 Å². The first kappa shape index (κ1) is 13.4. The summed E-state index contributed by atoms with van der Waals surface area (Å²) in [4.78, 5) is 0.355. The Hall–Kier alpha value is -1.07. The quantitative estimate of drug-likeness (QED) is 0.907. The highest BCUT2D eigenvalue weighted by Gasteiger charge is 2.43. The van der Waals surface area contributed by atoms with Gasteiger partial charge in [0.25, 0.3) is 0 Å². The number of hydrogen-bond acceptors (Lipinski definition) is 4. The molecule has 0 bridgehead atoms. The van der Waals surface area contributed by atoms with Crippen molar-refractivity contribution < 1.29 is 13.2 Å².